The second-order valence-corrected chi connectivity index (χ2v) is 15.1. The summed E-state index contributed by atoms with van der Waals surface area (Å²) < 4.78 is 32.6. The van der Waals surface area contributed by atoms with E-state index in [2.05, 4.69) is 68.5 Å². The van der Waals surface area contributed by atoms with Gasteiger partial charge >= 0.3 is 19.8 Å². The zero-order valence-electron chi connectivity index (χ0n) is 35.6. The summed E-state index contributed by atoms with van der Waals surface area (Å²) in [6.45, 7) is 3.36. The van der Waals surface area contributed by atoms with Gasteiger partial charge < -0.3 is 25.2 Å². The third-order valence-electron chi connectivity index (χ3n) is 8.24. The summed E-state index contributed by atoms with van der Waals surface area (Å²) in [4.78, 5) is 34.8. The van der Waals surface area contributed by atoms with E-state index in [1.165, 1.54) is 25.7 Å². The number of aliphatic hydroxyl groups excluding tert-OH is 1. The van der Waals surface area contributed by atoms with Gasteiger partial charge in [-0.05, 0) is 83.5 Å². The van der Waals surface area contributed by atoms with Gasteiger partial charge in [-0.15, -0.1) is 0 Å². The number of hydrogen-bond donors (Lipinski definition) is 3. The number of phosphoric acid groups is 1. The van der Waals surface area contributed by atoms with Crippen molar-refractivity contribution in [2.75, 3.05) is 26.4 Å². The minimum atomic E-state index is -4.42. The Morgan fingerprint density at radius 2 is 1.19 bits per heavy atom. The van der Waals surface area contributed by atoms with Crippen LogP contribution in [0.1, 0.15) is 136 Å². The summed E-state index contributed by atoms with van der Waals surface area (Å²) in [5.74, 6) is -0.995. The zero-order chi connectivity index (χ0) is 42.6. The quantitative estimate of drug-likeness (QED) is 0.0180. The first-order valence-corrected chi connectivity index (χ1v) is 23.0. The summed E-state index contributed by atoms with van der Waals surface area (Å²) in [5.41, 5.74) is 5.33. The Kier molecular flexibility index (Phi) is 39.4. The molecule has 0 aromatic heterocycles. The number of hydrogen-bond acceptors (Lipinski definition) is 9. The van der Waals surface area contributed by atoms with Gasteiger partial charge in [0.15, 0.2) is 6.10 Å². The van der Waals surface area contributed by atoms with E-state index in [4.69, 9.17) is 24.3 Å². The molecule has 0 saturated heterocycles. The topological polar surface area (TPSA) is 155 Å². The molecule has 0 aliphatic rings. The Balaban J connectivity index is 4.42. The maximum absolute atomic E-state index is 12.6. The van der Waals surface area contributed by atoms with Gasteiger partial charge in [-0.3, -0.25) is 18.6 Å². The normalized spacial score (nSPS) is 14.9. The summed E-state index contributed by atoms with van der Waals surface area (Å²) in [5, 5.41) is 10.00. The van der Waals surface area contributed by atoms with Crippen molar-refractivity contribution in [3.05, 3.63) is 109 Å². The van der Waals surface area contributed by atoms with Crippen LogP contribution in [0, 0.1) is 0 Å². The van der Waals surface area contributed by atoms with E-state index in [9.17, 15) is 24.2 Å². The van der Waals surface area contributed by atoms with Crippen LogP contribution in [0.4, 0.5) is 0 Å². The van der Waals surface area contributed by atoms with Gasteiger partial charge in [-0.25, -0.2) is 4.57 Å². The first-order chi connectivity index (χ1) is 28.2. The van der Waals surface area contributed by atoms with Crippen LogP contribution in [0.15, 0.2) is 109 Å². The SMILES string of the molecule is CC/C=C\C/C=C\CC(O)/C=C/C=C\C/C=C\C/C=C\CCC(=O)O[C@H](COC(=O)CCCCCC/C=C\C/C=C\C/C=C\CCCCC)COP(=O)(O)OCCN. The van der Waals surface area contributed by atoms with E-state index in [0.717, 1.165) is 57.8 Å². The second-order valence-electron chi connectivity index (χ2n) is 13.7. The summed E-state index contributed by atoms with van der Waals surface area (Å²) in [6.07, 6.45) is 51.6. The second kappa shape index (κ2) is 41.8. The molecule has 58 heavy (non-hydrogen) atoms. The van der Waals surface area contributed by atoms with Crippen LogP contribution in [-0.4, -0.2) is 60.5 Å². The van der Waals surface area contributed by atoms with Crippen LogP contribution in [0.25, 0.3) is 0 Å². The molecule has 0 aromatic rings. The highest BCUT2D eigenvalue weighted by molar-refractivity contribution is 7.47. The summed E-state index contributed by atoms with van der Waals surface area (Å²) in [6, 6.07) is 0. The lowest BCUT2D eigenvalue weighted by atomic mass is 10.1. The predicted molar refractivity (Wildman–Crippen MR) is 239 cm³/mol. The average molecular weight is 830 g/mol. The lowest BCUT2D eigenvalue weighted by Gasteiger charge is -2.19. The third kappa shape index (κ3) is 40.8. The smallest absolute Gasteiger partial charge is 0.462 e. The maximum atomic E-state index is 12.6. The number of unbranched alkanes of at least 4 members (excludes halogenated alkanes) is 7. The molecule has 11 heteroatoms. The maximum Gasteiger partial charge on any atom is 0.472 e. The first-order valence-electron chi connectivity index (χ1n) is 21.5. The summed E-state index contributed by atoms with van der Waals surface area (Å²) >= 11 is 0. The number of esters is 2. The Morgan fingerprint density at radius 1 is 0.621 bits per heavy atom. The predicted octanol–water partition coefficient (Wildman–Crippen LogP) is 11.4. The van der Waals surface area contributed by atoms with E-state index in [-0.39, 0.29) is 32.6 Å². The van der Waals surface area contributed by atoms with Crippen molar-refractivity contribution in [1.82, 2.24) is 0 Å². The molecule has 0 aliphatic heterocycles. The number of rotatable bonds is 38. The Morgan fingerprint density at radius 3 is 1.83 bits per heavy atom. The first kappa shape index (κ1) is 54.6. The third-order valence-corrected chi connectivity index (χ3v) is 9.22. The van der Waals surface area contributed by atoms with Gasteiger partial charge in [0, 0.05) is 19.4 Å². The van der Waals surface area contributed by atoms with Crippen LogP contribution >= 0.6 is 7.82 Å². The fourth-order valence-electron chi connectivity index (χ4n) is 5.04. The molecule has 0 fully saturated rings. The minimum absolute atomic E-state index is 0.0238. The van der Waals surface area contributed by atoms with Gasteiger partial charge in [0.25, 0.3) is 0 Å². The van der Waals surface area contributed by atoms with E-state index in [0.29, 0.717) is 25.7 Å². The molecule has 0 rings (SSSR count). The number of allylic oxidation sites excluding steroid dienone is 16. The molecule has 0 spiro atoms. The van der Waals surface area contributed by atoms with Crippen LogP contribution in [0.3, 0.4) is 0 Å². The molecule has 0 heterocycles. The Labute approximate surface area is 351 Å². The standard InChI is InChI=1S/C47H76NO9P/c1-3-5-7-9-11-12-13-14-15-16-17-18-19-23-26-30-34-38-46(50)54-42-45(43-56-58(52,53)55-41-40-48)57-47(51)39-35-31-27-24-21-20-22-25-29-33-37-44(49)36-32-28-10-8-6-4-2/h6,8,11-12,14-15,17-18,20-21,25,27-29,31-33,37,44-45,49H,3-5,7,9-10,13,16,19,22-24,26,30,34-36,38-43,48H2,1-2H3,(H,52,53)/b8-6-,12-11-,15-14-,18-17-,21-20-,29-25-,31-27-,32-28-,37-33+/t44?,45-/m1/s1. The fraction of sp³-hybridized carbons (Fsp3) is 0.574. The largest absolute Gasteiger partial charge is 0.472 e. The average Bonchev–Trinajstić information content (AvgIpc) is 3.21. The van der Waals surface area contributed by atoms with Gasteiger partial charge in [0.2, 0.25) is 0 Å². The monoisotopic (exact) mass is 830 g/mol. The van der Waals surface area contributed by atoms with Crippen molar-refractivity contribution < 1.29 is 42.7 Å². The van der Waals surface area contributed by atoms with Gasteiger partial charge in [-0.2, -0.15) is 0 Å². The van der Waals surface area contributed by atoms with E-state index in [1.807, 2.05) is 48.6 Å². The van der Waals surface area contributed by atoms with Crippen molar-refractivity contribution >= 4 is 19.8 Å². The molecule has 4 N–H and O–H groups in total. The molecule has 10 nitrogen and oxygen atoms in total. The van der Waals surface area contributed by atoms with E-state index in [1.54, 1.807) is 6.08 Å². The number of phosphoric ester groups is 1. The molecular formula is C47H76NO9P. The highest BCUT2D eigenvalue weighted by Gasteiger charge is 2.25. The zero-order valence-corrected chi connectivity index (χ0v) is 36.5. The molecule has 0 amide bonds. The number of carbonyl (C=O) groups is 2. The molecule has 2 unspecified atom stereocenters. The van der Waals surface area contributed by atoms with Crippen LogP contribution in [0.2, 0.25) is 0 Å². The van der Waals surface area contributed by atoms with Gasteiger partial charge in [0.05, 0.1) is 19.3 Å². The molecule has 328 valence electrons. The minimum Gasteiger partial charge on any atom is -0.462 e. The molecule has 0 bridgehead atoms. The van der Waals surface area contributed by atoms with Crippen molar-refractivity contribution in [2.24, 2.45) is 5.73 Å². The van der Waals surface area contributed by atoms with Crippen LogP contribution < -0.4 is 5.73 Å². The lowest BCUT2D eigenvalue weighted by Crippen LogP contribution is -2.29. The highest BCUT2D eigenvalue weighted by Crippen LogP contribution is 2.43. The van der Waals surface area contributed by atoms with Crippen molar-refractivity contribution in [3.63, 3.8) is 0 Å². The summed E-state index contributed by atoms with van der Waals surface area (Å²) in [7, 11) is -4.42. The molecule has 0 radical (unpaired) electrons. The Hall–Kier alpha value is -3.37. The Bertz CT molecular complexity index is 1330. The van der Waals surface area contributed by atoms with Crippen molar-refractivity contribution in [3.8, 4) is 0 Å². The van der Waals surface area contributed by atoms with E-state index >= 15 is 0 Å². The van der Waals surface area contributed by atoms with E-state index < -0.39 is 38.6 Å². The molecule has 3 atom stereocenters. The molecule has 0 saturated carbocycles. The molecule has 0 aliphatic carbocycles. The number of nitrogens with two attached hydrogens (primary N) is 1. The lowest BCUT2D eigenvalue weighted by molar-refractivity contribution is -0.161. The fourth-order valence-corrected chi connectivity index (χ4v) is 5.81. The van der Waals surface area contributed by atoms with Crippen LogP contribution in [-0.2, 0) is 32.7 Å². The molecule has 0 aromatic carbocycles. The highest BCUT2D eigenvalue weighted by atomic mass is 31.2. The van der Waals surface area contributed by atoms with Gasteiger partial charge in [-0.1, -0.05) is 149 Å². The number of aliphatic hydroxyl groups is 1. The molecular weight excluding hydrogens is 753 g/mol. The van der Waals surface area contributed by atoms with Crippen molar-refractivity contribution in [1.29, 1.82) is 0 Å². The number of ether oxygens (including phenoxy) is 2. The van der Waals surface area contributed by atoms with Crippen LogP contribution in [0.5, 0.6) is 0 Å². The van der Waals surface area contributed by atoms with Gasteiger partial charge in [0.1, 0.15) is 6.61 Å². The van der Waals surface area contributed by atoms with Crippen molar-refractivity contribution in [2.45, 2.75) is 148 Å². The number of carbonyl (C=O) groups excluding carboxylic acids is 2.